The van der Waals surface area contributed by atoms with Gasteiger partial charge in [-0.2, -0.15) is 0 Å². The first-order valence-electron chi connectivity index (χ1n) is 3.12. The zero-order chi connectivity index (χ0) is 8.43. The highest BCUT2D eigenvalue weighted by molar-refractivity contribution is 5.92. The minimum atomic E-state index is -0.507. The topological polar surface area (TPSA) is 74.5 Å². The number of methoxy groups -OCH3 is 2. The van der Waals surface area contributed by atoms with Crippen molar-refractivity contribution < 1.29 is 19.1 Å². The molecule has 0 bridgehead atoms. The van der Waals surface area contributed by atoms with Crippen LogP contribution in [0.5, 0.6) is 0 Å². The summed E-state index contributed by atoms with van der Waals surface area (Å²) < 4.78 is 8.78. The number of carbonyl (C=O) groups is 2. The smallest absolute Gasteiger partial charge is 0.325 e. The highest BCUT2D eigenvalue weighted by Crippen LogP contribution is 2.13. The number of hydrogen-bond donors (Lipinski definition) is 1. The van der Waals surface area contributed by atoms with E-state index in [9.17, 15) is 9.59 Å². The van der Waals surface area contributed by atoms with Gasteiger partial charge in [0.05, 0.1) is 14.2 Å². The molecule has 1 N–H and O–H groups in total. The summed E-state index contributed by atoms with van der Waals surface area (Å²) in [7, 11) is 2.55. The summed E-state index contributed by atoms with van der Waals surface area (Å²) in [6.45, 7) is 0. The minimum Gasteiger partial charge on any atom is -0.468 e. The Morgan fingerprint density at radius 1 is 1.09 bits per heavy atom. The lowest BCUT2D eigenvalue weighted by Crippen LogP contribution is -2.18. The molecule has 11 heavy (non-hydrogen) atoms. The third-order valence-corrected chi connectivity index (χ3v) is 1.49. The van der Waals surface area contributed by atoms with Gasteiger partial charge in [-0.3, -0.25) is 14.9 Å². The van der Waals surface area contributed by atoms with Crippen molar-refractivity contribution in [2.24, 2.45) is 0 Å². The molecular formula is C6H9NO4. The van der Waals surface area contributed by atoms with Gasteiger partial charge in [0.25, 0.3) is 0 Å². The second kappa shape index (κ2) is 2.87. The predicted octanol–water partition coefficient (Wildman–Crippen LogP) is -1.33. The second-order valence-electron chi connectivity index (χ2n) is 2.17. The lowest BCUT2D eigenvalue weighted by atomic mass is 10.3. The van der Waals surface area contributed by atoms with E-state index in [4.69, 9.17) is 0 Å². The summed E-state index contributed by atoms with van der Waals surface area (Å²) in [6.07, 6.45) is 0. The largest absolute Gasteiger partial charge is 0.468 e. The van der Waals surface area contributed by atoms with Crippen LogP contribution in [0.3, 0.4) is 0 Å². The third kappa shape index (κ3) is 1.48. The molecule has 0 radical (unpaired) electrons. The van der Waals surface area contributed by atoms with Crippen LogP contribution in [0.2, 0.25) is 0 Å². The average Bonchev–Trinajstić information content (AvgIpc) is 2.80. The number of nitrogens with one attached hydrogen (secondary N) is 1. The Bertz CT molecular complexity index is 171. The zero-order valence-electron chi connectivity index (χ0n) is 6.29. The number of rotatable bonds is 2. The molecule has 1 saturated heterocycles. The quantitative estimate of drug-likeness (QED) is 0.399. The van der Waals surface area contributed by atoms with Crippen LogP contribution in [-0.2, 0) is 19.1 Å². The molecule has 2 atom stereocenters. The molecule has 0 aliphatic carbocycles. The molecule has 0 aromatic carbocycles. The maximum atomic E-state index is 10.7. The standard InChI is InChI=1S/C6H9NO4/c1-10-5(8)3-4(7-3)6(9)11-2/h3-4,7H,1-2H3/t3-,4-/m1/s1. The summed E-state index contributed by atoms with van der Waals surface area (Å²) in [5, 5.41) is 2.62. The van der Waals surface area contributed by atoms with Crippen LogP contribution >= 0.6 is 0 Å². The normalized spacial score (nSPS) is 27.5. The van der Waals surface area contributed by atoms with E-state index in [-0.39, 0.29) is 0 Å². The molecule has 1 aliphatic heterocycles. The fourth-order valence-corrected chi connectivity index (χ4v) is 0.800. The molecule has 0 amide bonds. The molecule has 0 aromatic heterocycles. The summed E-state index contributed by atoms with van der Waals surface area (Å²) in [6, 6.07) is -1.01. The molecule has 0 unspecified atom stereocenters. The summed E-state index contributed by atoms with van der Waals surface area (Å²) >= 11 is 0. The van der Waals surface area contributed by atoms with Gasteiger partial charge in [0.1, 0.15) is 12.1 Å². The molecule has 62 valence electrons. The van der Waals surface area contributed by atoms with Gasteiger partial charge in [0.15, 0.2) is 0 Å². The van der Waals surface area contributed by atoms with Gasteiger partial charge in [-0.25, -0.2) is 0 Å². The van der Waals surface area contributed by atoms with E-state index >= 15 is 0 Å². The highest BCUT2D eigenvalue weighted by atomic mass is 16.5. The Morgan fingerprint density at radius 3 is 1.73 bits per heavy atom. The lowest BCUT2D eigenvalue weighted by molar-refractivity contribution is -0.144. The maximum absolute atomic E-state index is 10.7. The Morgan fingerprint density at radius 2 is 1.45 bits per heavy atom. The van der Waals surface area contributed by atoms with Gasteiger partial charge in [-0.1, -0.05) is 0 Å². The second-order valence-corrected chi connectivity index (χ2v) is 2.17. The van der Waals surface area contributed by atoms with Crippen LogP contribution in [0.25, 0.3) is 0 Å². The van der Waals surface area contributed by atoms with Crippen molar-refractivity contribution in [3.63, 3.8) is 0 Å². The van der Waals surface area contributed by atoms with E-state index in [0.717, 1.165) is 0 Å². The molecule has 1 rings (SSSR count). The van der Waals surface area contributed by atoms with Crippen molar-refractivity contribution in [2.75, 3.05) is 14.2 Å². The summed E-state index contributed by atoms with van der Waals surface area (Å²) in [5.74, 6) is -0.860. The first-order valence-corrected chi connectivity index (χ1v) is 3.12. The van der Waals surface area contributed by atoms with Gasteiger partial charge in [-0.15, -0.1) is 0 Å². The third-order valence-electron chi connectivity index (χ3n) is 1.49. The summed E-state index contributed by atoms with van der Waals surface area (Å²) in [4.78, 5) is 21.4. The van der Waals surface area contributed by atoms with E-state index in [2.05, 4.69) is 14.8 Å². The fraction of sp³-hybridized carbons (Fsp3) is 0.667. The van der Waals surface area contributed by atoms with Crippen LogP contribution in [0.1, 0.15) is 0 Å². The molecule has 0 aromatic rings. The van der Waals surface area contributed by atoms with Crippen molar-refractivity contribution in [3.8, 4) is 0 Å². The Hall–Kier alpha value is -1.10. The monoisotopic (exact) mass is 159 g/mol. The van der Waals surface area contributed by atoms with Crippen molar-refractivity contribution >= 4 is 11.9 Å². The van der Waals surface area contributed by atoms with Gasteiger partial charge in [0.2, 0.25) is 0 Å². The Kier molecular flexibility index (Phi) is 2.09. The van der Waals surface area contributed by atoms with E-state index in [1.165, 1.54) is 14.2 Å². The molecular weight excluding hydrogens is 150 g/mol. The molecule has 1 heterocycles. The van der Waals surface area contributed by atoms with Crippen LogP contribution in [0, 0.1) is 0 Å². The molecule has 5 nitrogen and oxygen atoms in total. The van der Waals surface area contributed by atoms with Crippen LogP contribution in [0.15, 0.2) is 0 Å². The van der Waals surface area contributed by atoms with Crippen LogP contribution in [0.4, 0.5) is 0 Å². The van der Waals surface area contributed by atoms with Gasteiger partial charge < -0.3 is 9.47 Å². The Labute approximate surface area is 63.7 Å². The highest BCUT2D eigenvalue weighted by Gasteiger charge is 2.49. The van der Waals surface area contributed by atoms with Crippen molar-refractivity contribution in [2.45, 2.75) is 12.1 Å². The van der Waals surface area contributed by atoms with E-state index < -0.39 is 24.0 Å². The van der Waals surface area contributed by atoms with Gasteiger partial charge in [0, 0.05) is 0 Å². The first kappa shape index (κ1) is 8.00. The number of ether oxygens (including phenoxy) is 2. The van der Waals surface area contributed by atoms with Crippen molar-refractivity contribution in [1.29, 1.82) is 0 Å². The molecule has 5 heteroatoms. The van der Waals surface area contributed by atoms with Gasteiger partial charge in [-0.05, 0) is 0 Å². The van der Waals surface area contributed by atoms with Crippen molar-refractivity contribution in [3.05, 3.63) is 0 Å². The number of hydrogen-bond acceptors (Lipinski definition) is 5. The molecule has 1 aliphatic rings. The Balaban J connectivity index is 2.37. The number of carbonyl (C=O) groups excluding carboxylic acids is 2. The average molecular weight is 159 g/mol. The lowest BCUT2D eigenvalue weighted by Gasteiger charge is -1.94. The molecule has 0 saturated carbocycles. The zero-order valence-corrected chi connectivity index (χ0v) is 6.29. The van der Waals surface area contributed by atoms with Gasteiger partial charge >= 0.3 is 11.9 Å². The molecule has 0 spiro atoms. The number of esters is 2. The van der Waals surface area contributed by atoms with E-state index in [1.54, 1.807) is 0 Å². The molecule has 1 fully saturated rings. The van der Waals surface area contributed by atoms with E-state index in [1.807, 2.05) is 0 Å². The minimum absolute atomic E-state index is 0.430. The van der Waals surface area contributed by atoms with Crippen LogP contribution in [-0.4, -0.2) is 38.2 Å². The van der Waals surface area contributed by atoms with E-state index in [0.29, 0.717) is 0 Å². The maximum Gasteiger partial charge on any atom is 0.325 e. The van der Waals surface area contributed by atoms with Crippen LogP contribution < -0.4 is 5.32 Å². The summed E-state index contributed by atoms with van der Waals surface area (Å²) in [5.41, 5.74) is 0. The first-order chi connectivity index (χ1) is 5.20. The SMILES string of the molecule is COC(=O)[C@@H]1N[C@H]1C(=O)OC. The predicted molar refractivity (Wildman–Crippen MR) is 34.7 cm³/mol. The van der Waals surface area contributed by atoms with Crippen molar-refractivity contribution in [1.82, 2.24) is 5.32 Å². The fourth-order valence-electron chi connectivity index (χ4n) is 0.800.